The maximum Gasteiger partial charge on any atom is 0.323 e. The fourth-order valence-electron chi connectivity index (χ4n) is 2.82. The summed E-state index contributed by atoms with van der Waals surface area (Å²) in [5, 5.41) is 0. The minimum absolute atomic E-state index is 0.0276. The molecule has 3 atom stereocenters. The fourth-order valence-corrected chi connectivity index (χ4v) is 2.82. The van der Waals surface area contributed by atoms with Crippen LogP contribution in [0.3, 0.4) is 0 Å². The summed E-state index contributed by atoms with van der Waals surface area (Å²) in [7, 11) is 1.49. The summed E-state index contributed by atoms with van der Waals surface area (Å²) in [5.41, 5.74) is 0. The van der Waals surface area contributed by atoms with Crippen molar-refractivity contribution in [2.75, 3.05) is 20.2 Å². The lowest BCUT2D eigenvalue weighted by molar-refractivity contribution is -0.148. The van der Waals surface area contributed by atoms with Crippen LogP contribution < -0.4 is 0 Å². The van der Waals surface area contributed by atoms with E-state index in [9.17, 15) is 4.79 Å². The summed E-state index contributed by atoms with van der Waals surface area (Å²) < 4.78 is 4.91. The van der Waals surface area contributed by atoms with Crippen LogP contribution in [0.2, 0.25) is 0 Å². The SMILES string of the molecule is CCC[C@H](C(=O)OC)N1C[C@H](C)C[C@@H](C)C1. The Morgan fingerprint density at radius 2 is 1.94 bits per heavy atom. The first-order valence-electron chi connectivity index (χ1n) is 6.40. The van der Waals surface area contributed by atoms with Crippen LogP contribution >= 0.6 is 0 Å². The summed E-state index contributed by atoms with van der Waals surface area (Å²) in [6.45, 7) is 8.72. The number of carbonyl (C=O) groups is 1. The Morgan fingerprint density at radius 1 is 1.38 bits per heavy atom. The summed E-state index contributed by atoms with van der Waals surface area (Å²) >= 11 is 0. The molecule has 1 aliphatic rings. The van der Waals surface area contributed by atoms with Crippen molar-refractivity contribution < 1.29 is 9.53 Å². The molecule has 0 aromatic carbocycles. The van der Waals surface area contributed by atoms with Gasteiger partial charge in [-0.1, -0.05) is 27.2 Å². The average molecular weight is 227 g/mol. The zero-order valence-corrected chi connectivity index (χ0v) is 11.0. The maximum absolute atomic E-state index is 11.8. The Bertz CT molecular complexity index is 220. The van der Waals surface area contributed by atoms with Gasteiger partial charge in [0, 0.05) is 13.1 Å². The average Bonchev–Trinajstić information content (AvgIpc) is 2.23. The molecule has 0 amide bonds. The lowest BCUT2D eigenvalue weighted by Crippen LogP contribution is -2.48. The van der Waals surface area contributed by atoms with Crippen molar-refractivity contribution in [3.8, 4) is 0 Å². The summed E-state index contributed by atoms with van der Waals surface area (Å²) in [6.07, 6.45) is 3.21. The molecule has 1 rings (SSSR count). The fraction of sp³-hybridized carbons (Fsp3) is 0.923. The topological polar surface area (TPSA) is 29.5 Å². The van der Waals surface area contributed by atoms with Crippen molar-refractivity contribution in [3.05, 3.63) is 0 Å². The van der Waals surface area contributed by atoms with Crippen LogP contribution in [-0.2, 0) is 9.53 Å². The van der Waals surface area contributed by atoms with Gasteiger partial charge in [0.15, 0.2) is 0 Å². The van der Waals surface area contributed by atoms with E-state index in [1.54, 1.807) is 0 Å². The number of methoxy groups -OCH3 is 1. The van der Waals surface area contributed by atoms with Crippen LogP contribution in [0, 0.1) is 11.8 Å². The lowest BCUT2D eigenvalue weighted by atomic mass is 9.90. The molecule has 0 aromatic heterocycles. The maximum atomic E-state index is 11.8. The van der Waals surface area contributed by atoms with Crippen LogP contribution in [0.5, 0.6) is 0 Å². The molecule has 1 heterocycles. The molecule has 3 nitrogen and oxygen atoms in total. The summed E-state index contributed by atoms with van der Waals surface area (Å²) in [6, 6.07) is -0.0276. The Labute approximate surface area is 99.1 Å². The number of hydrogen-bond acceptors (Lipinski definition) is 3. The zero-order chi connectivity index (χ0) is 12.1. The molecule has 1 aliphatic heterocycles. The van der Waals surface area contributed by atoms with E-state index in [1.807, 2.05) is 0 Å². The number of piperidine rings is 1. The lowest BCUT2D eigenvalue weighted by Gasteiger charge is -2.38. The van der Waals surface area contributed by atoms with Crippen LogP contribution in [0.15, 0.2) is 0 Å². The molecule has 16 heavy (non-hydrogen) atoms. The first kappa shape index (κ1) is 13.5. The molecule has 0 aliphatic carbocycles. The van der Waals surface area contributed by atoms with Crippen LogP contribution in [-0.4, -0.2) is 37.1 Å². The molecule has 0 unspecified atom stereocenters. The predicted molar refractivity (Wildman–Crippen MR) is 65.2 cm³/mol. The van der Waals surface area contributed by atoms with Gasteiger partial charge in [-0.05, 0) is 24.7 Å². The van der Waals surface area contributed by atoms with Crippen molar-refractivity contribution in [2.24, 2.45) is 11.8 Å². The second kappa shape index (κ2) is 6.24. The molecule has 94 valence electrons. The molecule has 0 radical (unpaired) electrons. The minimum atomic E-state index is -0.0665. The second-order valence-corrected chi connectivity index (χ2v) is 5.23. The van der Waals surface area contributed by atoms with E-state index in [-0.39, 0.29) is 12.0 Å². The van der Waals surface area contributed by atoms with Gasteiger partial charge in [0.25, 0.3) is 0 Å². The monoisotopic (exact) mass is 227 g/mol. The zero-order valence-electron chi connectivity index (χ0n) is 11.0. The van der Waals surface area contributed by atoms with E-state index in [0.29, 0.717) is 11.8 Å². The highest BCUT2D eigenvalue weighted by atomic mass is 16.5. The van der Waals surface area contributed by atoms with Gasteiger partial charge in [-0.2, -0.15) is 0 Å². The summed E-state index contributed by atoms with van der Waals surface area (Å²) in [4.78, 5) is 14.1. The third kappa shape index (κ3) is 3.48. The highest BCUT2D eigenvalue weighted by Gasteiger charge is 2.31. The van der Waals surface area contributed by atoms with Crippen molar-refractivity contribution >= 4 is 5.97 Å². The Balaban J connectivity index is 2.65. The smallest absolute Gasteiger partial charge is 0.323 e. The van der Waals surface area contributed by atoms with Gasteiger partial charge < -0.3 is 4.74 Å². The second-order valence-electron chi connectivity index (χ2n) is 5.23. The molecule has 3 heteroatoms. The van der Waals surface area contributed by atoms with Gasteiger partial charge in [-0.25, -0.2) is 0 Å². The standard InChI is InChI=1S/C13H25NO2/c1-5-6-12(13(15)16-4)14-8-10(2)7-11(3)9-14/h10-12H,5-9H2,1-4H3/t10-,11-,12-/m1/s1. The molecule has 0 spiro atoms. The van der Waals surface area contributed by atoms with Gasteiger partial charge in [-0.3, -0.25) is 9.69 Å². The molecule has 0 saturated carbocycles. The Kier molecular flexibility index (Phi) is 5.26. The predicted octanol–water partition coefficient (Wildman–Crippen LogP) is 2.31. The van der Waals surface area contributed by atoms with E-state index in [1.165, 1.54) is 13.5 Å². The summed E-state index contributed by atoms with van der Waals surface area (Å²) in [5.74, 6) is 1.31. The molecule has 1 saturated heterocycles. The van der Waals surface area contributed by atoms with Crippen molar-refractivity contribution in [1.29, 1.82) is 0 Å². The Morgan fingerprint density at radius 3 is 2.38 bits per heavy atom. The van der Waals surface area contributed by atoms with Crippen molar-refractivity contribution in [1.82, 2.24) is 4.90 Å². The van der Waals surface area contributed by atoms with Crippen LogP contribution in [0.4, 0.5) is 0 Å². The number of likely N-dealkylation sites (tertiary alicyclic amines) is 1. The van der Waals surface area contributed by atoms with Crippen molar-refractivity contribution in [2.45, 2.75) is 46.1 Å². The van der Waals surface area contributed by atoms with Crippen LogP contribution in [0.1, 0.15) is 40.0 Å². The first-order chi connectivity index (χ1) is 7.58. The third-order valence-electron chi connectivity index (χ3n) is 3.37. The van der Waals surface area contributed by atoms with Gasteiger partial charge in [0.2, 0.25) is 0 Å². The van der Waals surface area contributed by atoms with E-state index in [4.69, 9.17) is 4.74 Å². The minimum Gasteiger partial charge on any atom is -0.468 e. The number of hydrogen-bond donors (Lipinski definition) is 0. The van der Waals surface area contributed by atoms with Gasteiger partial charge in [0.1, 0.15) is 6.04 Å². The molecule has 0 bridgehead atoms. The Hall–Kier alpha value is -0.570. The first-order valence-corrected chi connectivity index (χ1v) is 6.40. The number of nitrogens with zero attached hydrogens (tertiary/aromatic N) is 1. The number of ether oxygens (including phenoxy) is 1. The van der Waals surface area contributed by atoms with Gasteiger partial charge >= 0.3 is 5.97 Å². The van der Waals surface area contributed by atoms with Crippen molar-refractivity contribution in [3.63, 3.8) is 0 Å². The van der Waals surface area contributed by atoms with Gasteiger partial charge in [0.05, 0.1) is 7.11 Å². The normalized spacial score (nSPS) is 28.8. The molecular weight excluding hydrogens is 202 g/mol. The molecule has 0 aromatic rings. The van der Waals surface area contributed by atoms with E-state index in [2.05, 4.69) is 25.7 Å². The van der Waals surface area contributed by atoms with E-state index >= 15 is 0 Å². The van der Waals surface area contributed by atoms with E-state index in [0.717, 1.165) is 25.9 Å². The highest BCUT2D eigenvalue weighted by Crippen LogP contribution is 2.24. The van der Waals surface area contributed by atoms with Crippen LogP contribution in [0.25, 0.3) is 0 Å². The van der Waals surface area contributed by atoms with Gasteiger partial charge in [-0.15, -0.1) is 0 Å². The third-order valence-corrected chi connectivity index (χ3v) is 3.37. The number of esters is 1. The largest absolute Gasteiger partial charge is 0.468 e. The number of carbonyl (C=O) groups excluding carboxylic acids is 1. The molecular formula is C13H25NO2. The highest BCUT2D eigenvalue weighted by molar-refractivity contribution is 5.75. The quantitative estimate of drug-likeness (QED) is 0.690. The molecule has 1 fully saturated rings. The number of rotatable bonds is 4. The molecule has 0 N–H and O–H groups in total. The van der Waals surface area contributed by atoms with E-state index < -0.39 is 0 Å².